The molecule has 1 saturated heterocycles. The van der Waals surface area contributed by atoms with Gasteiger partial charge in [-0.2, -0.15) is 11.8 Å². The Morgan fingerprint density at radius 1 is 1.56 bits per heavy atom. The van der Waals surface area contributed by atoms with Crippen LogP contribution in [0.5, 0.6) is 0 Å². The predicted molar refractivity (Wildman–Crippen MR) is 70.2 cm³/mol. The van der Waals surface area contributed by atoms with Crippen molar-refractivity contribution in [2.75, 3.05) is 30.3 Å². The van der Waals surface area contributed by atoms with E-state index in [1.807, 2.05) is 0 Å². The van der Waals surface area contributed by atoms with Crippen molar-refractivity contribution in [1.82, 2.24) is 4.90 Å². The SMILES string of the molecule is C#CCCCN1CCSCC1S(=O)(=O)CC. The third-order valence-corrected chi connectivity index (χ3v) is 6.11. The standard InChI is InChI=1S/C11H19NO2S2/c1-3-5-6-7-12-8-9-15-10-11(12)16(13,14)4-2/h1,11H,4-10H2,2H3. The monoisotopic (exact) mass is 261 g/mol. The number of sulfone groups is 1. The number of hydrogen-bond donors (Lipinski definition) is 0. The first-order valence-electron chi connectivity index (χ1n) is 5.58. The molecule has 1 heterocycles. The lowest BCUT2D eigenvalue weighted by atomic mass is 10.3. The van der Waals surface area contributed by atoms with Gasteiger partial charge >= 0.3 is 0 Å². The Morgan fingerprint density at radius 3 is 2.94 bits per heavy atom. The van der Waals surface area contributed by atoms with Gasteiger partial charge in [-0.05, 0) is 6.42 Å². The lowest BCUT2D eigenvalue weighted by molar-refractivity contribution is 0.268. The molecule has 1 unspecified atom stereocenters. The third-order valence-electron chi connectivity index (χ3n) is 2.77. The van der Waals surface area contributed by atoms with E-state index in [9.17, 15) is 8.42 Å². The molecule has 1 aliphatic heterocycles. The minimum absolute atomic E-state index is 0.226. The highest BCUT2D eigenvalue weighted by Gasteiger charge is 2.32. The van der Waals surface area contributed by atoms with Gasteiger partial charge in [0.25, 0.3) is 0 Å². The van der Waals surface area contributed by atoms with Gasteiger partial charge in [0.15, 0.2) is 9.84 Å². The molecule has 1 aliphatic rings. The van der Waals surface area contributed by atoms with E-state index < -0.39 is 9.84 Å². The summed E-state index contributed by atoms with van der Waals surface area (Å²) in [6, 6.07) is 0. The highest BCUT2D eigenvalue weighted by Crippen LogP contribution is 2.21. The molecule has 0 aromatic carbocycles. The zero-order valence-corrected chi connectivity index (χ0v) is 11.3. The Balaban J connectivity index is 2.61. The van der Waals surface area contributed by atoms with E-state index in [0.717, 1.165) is 31.7 Å². The van der Waals surface area contributed by atoms with Gasteiger partial charge in [0, 0.05) is 36.8 Å². The summed E-state index contributed by atoms with van der Waals surface area (Å²) in [5.74, 6) is 4.54. The van der Waals surface area contributed by atoms with Gasteiger partial charge in [-0.1, -0.05) is 6.92 Å². The molecule has 0 amide bonds. The molecule has 0 aromatic rings. The van der Waals surface area contributed by atoms with Crippen LogP contribution in [-0.2, 0) is 9.84 Å². The Kier molecular flexibility index (Phi) is 5.67. The fourth-order valence-electron chi connectivity index (χ4n) is 1.78. The van der Waals surface area contributed by atoms with Crippen LogP contribution in [0.15, 0.2) is 0 Å². The zero-order chi connectivity index (χ0) is 12.0. The van der Waals surface area contributed by atoms with Gasteiger partial charge in [-0.3, -0.25) is 4.90 Å². The van der Waals surface area contributed by atoms with Crippen molar-refractivity contribution in [2.45, 2.75) is 25.1 Å². The minimum atomic E-state index is -2.95. The molecule has 5 heteroatoms. The first kappa shape index (κ1) is 13.9. The van der Waals surface area contributed by atoms with Crippen LogP contribution in [0.25, 0.3) is 0 Å². The number of thioether (sulfide) groups is 1. The van der Waals surface area contributed by atoms with Crippen molar-refractivity contribution in [3.63, 3.8) is 0 Å². The van der Waals surface area contributed by atoms with Crippen LogP contribution in [0.4, 0.5) is 0 Å². The highest BCUT2D eigenvalue weighted by atomic mass is 32.2. The number of unbranched alkanes of at least 4 members (excludes halogenated alkanes) is 1. The van der Waals surface area contributed by atoms with E-state index in [2.05, 4.69) is 10.8 Å². The van der Waals surface area contributed by atoms with E-state index in [1.165, 1.54) is 0 Å². The van der Waals surface area contributed by atoms with E-state index in [0.29, 0.717) is 5.75 Å². The summed E-state index contributed by atoms with van der Waals surface area (Å²) < 4.78 is 23.8. The third kappa shape index (κ3) is 3.69. The van der Waals surface area contributed by atoms with Gasteiger partial charge in [-0.15, -0.1) is 12.3 Å². The van der Waals surface area contributed by atoms with Crippen molar-refractivity contribution in [3.05, 3.63) is 0 Å². The van der Waals surface area contributed by atoms with Gasteiger partial charge in [0.05, 0.1) is 0 Å². The van der Waals surface area contributed by atoms with E-state index >= 15 is 0 Å². The molecule has 1 fully saturated rings. The summed E-state index contributed by atoms with van der Waals surface area (Å²) in [6.45, 7) is 3.38. The normalized spacial score (nSPS) is 22.9. The smallest absolute Gasteiger partial charge is 0.166 e. The molecular formula is C11H19NO2S2. The summed E-state index contributed by atoms with van der Waals surface area (Å²) in [5.41, 5.74) is 0. The molecule has 0 spiro atoms. The van der Waals surface area contributed by atoms with Crippen molar-refractivity contribution < 1.29 is 8.42 Å². The van der Waals surface area contributed by atoms with E-state index in [1.54, 1.807) is 18.7 Å². The summed E-state index contributed by atoms with van der Waals surface area (Å²) >= 11 is 1.73. The summed E-state index contributed by atoms with van der Waals surface area (Å²) in [4.78, 5) is 2.08. The zero-order valence-electron chi connectivity index (χ0n) is 9.68. The van der Waals surface area contributed by atoms with Crippen molar-refractivity contribution in [3.8, 4) is 12.3 Å². The molecular weight excluding hydrogens is 242 g/mol. The lowest BCUT2D eigenvalue weighted by Crippen LogP contribution is -2.48. The first-order valence-corrected chi connectivity index (χ1v) is 8.45. The van der Waals surface area contributed by atoms with Crippen molar-refractivity contribution in [1.29, 1.82) is 0 Å². The predicted octanol–water partition coefficient (Wildman–Crippen LogP) is 1.21. The molecule has 1 rings (SSSR count). The van der Waals surface area contributed by atoms with Gasteiger partial charge in [0.2, 0.25) is 0 Å². The average molecular weight is 261 g/mol. The molecule has 0 aliphatic carbocycles. The fraction of sp³-hybridized carbons (Fsp3) is 0.818. The second kappa shape index (κ2) is 6.53. The van der Waals surface area contributed by atoms with Crippen molar-refractivity contribution in [2.24, 2.45) is 0 Å². The minimum Gasteiger partial charge on any atom is -0.286 e. The van der Waals surface area contributed by atoms with Crippen molar-refractivity contribution >= 4 is 21.6 Å². The van der Waals surface area contributed by atoms with Gasteiger partial charge < -0.3 is 0 Å². The highest BCUT2D eigenvalue weighted by molar-refractivity contribution is 8.01. The molecule has 0 bridgehead atoms. The second-order valence-corrected chi connectivity index (χ2v) is 7.42. The maximum absolute atomic E-state index is 11.9. The average Bonchev–Trinajstić information content (AvgIpc) is 2.30. The van der Waals surface area contributed by atoms with Crippen LogP contribution >= 0.6 is 11.8 Å². The molecule has 16 heavy (non-hydrogen) atoms. The van der Waals surface area contributed by atoms with Crippen LogP contribution in [-0.4, -0.2) is 49.0 Å². The molecule has 0 aromatic heterocycles. The van der Waals surface area contributed by atoms with Crippen LogP contribution in [0.2, 0.25) is 0 Å². The Bertz CT molecular complexity index is 345. The molecule has 3 nitrogen and oxygen atoms in total. The van der Waals surface area contributed by atoms with E-state index in [-0.39, 0.29) is 11.1 Å². The Morgan fingerprint density at radius 2 is 2.31 bits per heavy atom. The molecule has 0 saturated carbocycles. The van der Waals surface area contributed by atoms with Crippen LogP contribution in [0.3, 0.4) is 0 Å². The first-order chi connectivity index (χ1) is 7.61. The number of hydrogen-bond acceptors (Lipinski definition) is 4. The number of terminal acetylenes is 1. The summed E-state index contributed by atoms with van der Waals surface area (Å²) in [6.07, 6.45) is 6.81. The van der Waals surface area contributed by atoms with Crippen LogP contribution < -0.4 is 0 Å². The van der Waals surface area contributed by atoms with E-state index in [4.69, 9.17) is 6.42 Å². The molecule has 92 valence electrons. The second-order valence-electron chi connectivity index (χ2n) is 3.82. The fourth-order valence-corrected chi connectivity index (χ4v) is 4.89. The number of nitrogens with zero attached hydrogens (tertiary/aromatic N) is 1. The van der Waals surface area contributed by atoms with Crippen LogP contribution in [0, 0.1) is 12.3 Å². The Labute approximate surface area is 103 Å². The lowest BCUT2D eigenvalue weighted by Gasteiger charge is -2.34. The van der Waals surface area contributed by atoms with Gasteiger partial charge in [-0.25, -0.2) is 8.42 Å². The maximum Gasteiger partial charge on any atom is 0.166 e. The van der Waals surface area contributed by atoms with Gasteiger partial charge in [0.1, 0.15) is 5.37 Å². The Hall–Kier alpha value is -0.180. The quantitative estimate of drug-likeness (QED) is 0.551. The largest absolute Gasteiger partial charge is 0.286 e. The number of rotatable bonds is 5. The topological polar surface area (TPSA) is 37.4 Å². The van der Waals surface area contributed by atoms with Crippen LogP contribution in [0.1, 0.15) is 19.8 Å². The molecule has 0 N–H and O–H groups in total. The molecule has 1 atom stereocenters. The summed E-state index contributed by atoms with van der Waals surface area (Å²) in [5, 5.41) is -0.297. The maximum atomic E-state index is 11.9. The summed E-state index contributed by atoms with van der Waals surface area (Å²) in [7, 11) is -2.95. The molecule has 0 radical (unpaired) electrons.